The molecule has 1 N–H and O–H groups in total. The molecule has 1 aliphatic rings. The first-order valence-electron chi connectivity index (χ1n) is 5.03. The molecular formula is C10H17N3. The molecule has 13 heavy (non-hydrogen) atoms. The topological polar surface area (TPSA) is 29.9 Å². The van der Waals surface area contributed by atoms with Crippen LogP contribution < -0.4 is 5.32 Å². The van der Waals surface area contributed by atoms with Crippen LogP contribution in [0.2, 0.25) is 0 Å². The SMILES string of the molecule is CCn1nccc1C1CC1CNC. The molecule has 1 heterocycles. The zero-order valence-electron chi connectivity index (χ0n) is 8.33. The van der Waals surface area contributed by atoms with E-state index in [2.05, 4.69) is 28.1 Å². The highest BCUT2D eigenvalue weighted by atomic mass is 15.3. The normalized spacial score (nSPS) is 26.3. The molecule has 3 heteroatoms. The standard InChI is InChI=1S/C10H17N3/c1-3-13-10(4-5-12-13)9-6-8(9)7-11-2/h4-5,8-9,11H,3,6-7H2,1-2H3. The highest BCUT2D eigenvalue weighted by Crippen LogP contribution is 2.46. The average Bonchev–Trinajstić information content (AvgIpc) is 2.75. The van der Waals surface area contributed by atoms with Gasteiger partial charge in [0.2, 0.25) is 0 Å². The van der Waals surface area contributed by atoms with Gasteiger partial charge in [-0.2, -0.15) is 5.10 Å². The number of nitrogens with zero attached hydrogens (tertiary/aromatic N) is 2. The molecule has 1 aliphatic carbocycles. The highest BCUT2D eigenvalue weighted by molar-refractivity contribution is 5.17. The number of aromatic nitrogens is 2. The molecule has 0 spiro atoms. The molecule has 1 aromatic heterocycles. The minimum atomic E-state index is 0.759. The summed E-state index contributed by atoms with van der Waals surface area (Å²) in [5.74, 6) is 1.60. The Hall–Kier alpha value is -0.830. The van der Waals surface area contributed by atoms with Gasteiger partial charge in [0.25, 0.3) is 0 Å². The molecule has 0 aromatic carbocycles. The predicted octanol–water partition coefficient (Wildman–Crippen LogP) is 1.23. The number of rotatable bonds is 4. The first kappa shape index (κ1) is 8.75. The third kappa shape index (κ3) is 1.61. The molecule has 2 atom stereocenters. The molecule has 2 unspecified atom stereocenters. The zero-order valence-corrected chi connectivity index (χ0v) is 8.33. The Kier molecular flexibility index (Phi) is 2.36. The summed E-state index contributed by atoms with van der Waals surface area (Å²) < 4.78 is 2.11. The Labute approximate surface area is 79.1 Å². The lowest BCUT2D eigenvalue weighted by atomic mass is 10.2. The van der Waals surface area contributed by atoms with E-state index in [0.29, 0.717) is 0 Å². The van der Waals surface area contributed by atoms with Crippen molar-refractivity contribution < 1.29 is 0 Å². The third-order valence-corrected chi connectivity index (χ3v) is 2.82. The number of hydrogen-bond acceptors (Lipinski definition) is 2. The molecule has 1 aromatic rings. The number of nitrogens with one attached hydrogen (secondary N) is 1. The van der Waals surface area contributed by atoms with Gasteiger partial charge < -0.3 is 5.32 Å². The van der Waals surface area contributed by atoms with Gasteiger partial charge in [0.15, 0.2) is 0 Å². The first-order valence-corrected chi connectivity index (χ1v) is 5.03. The van der Waals surface area contributed by atoms with Crippen LogP contribution in [0.1, 0.15) is 25.0 Å². The molecular weight excluding hydrogens is 162 g/mol. The average molecular weight is 179 g/mol. The van der Waals surface area contributed by atoms with E-state index < -0.39 is 0 Å². The fourth-order valence-electron chi connectivity index (χ4n) is 2.02. The van der Waals surface area contributed by atoms with Crippen molar-refractivity contribution >= 4 is 0 Å². The molecule has 2 rings (SSSR count). The van der Waals surface area contributed by atoms with Gasteiger partial charge in [-0.3, -0.25) is 4.68 Å². The third-order valence-electron chi connectivity index (χ3n) is 2.82. The van der Waals surface area contributed by atoms with E-state index in [1.807, 2.05) is 13.2 Å². The van der Waals surface area contributed by atoms with E-state index >= 15 is 0 Å². The first-order chi connectivity index (χ1) is 6.36. The fourth-order valence-corrected chi connectivity index (χ4v) is 2.02. The molecule has 1 saturated carbocycles. The van der Waals surface area contributed by atoms with Gasteiger partial charge in [0.1, 0.15) is 0 Å². The molecule has 72 valence electrons. The van der Waals surface area contributed by atoms with Crippen LogP contribution in [-0.2, 0) is 6.54 Å². The van der Waals surface area contributed by atoms with Crippen LogP contribution in [0.5, 0.6) is 0 Å². The van der Waals surface area contributed by atoms with Crippen LogP contribution in [0.4, 0.5) is 0 Å². The maximum absolute atomic E-state index is 4.29. The molecule has 0 aliphatic heterocycles. The Morgan fingerprint density at radius 3 is 3.23 bits per heavy atom. The lowest BCUT2D eigenvalue weighted by Crippen LogP contribution is -2.11. The van der Waals surface area contributed by atoms with Gasteiger partial charge in [-0.15, -0.1) is 0 Å². The summed E-state index contributed by atoms with van der Waals surface area (Å²) >= 11 is 0. The van der Waals surface area contributed by atoms with Crippen molar-refractivity contribution in [1.82, 2.24) is 15.1 Å². The van der Waals surface area contributed by atoms with Crippen LogP contribution in [0, 0.1) is 5.92 Å². The quantitative estimate of drug-likeness (QED) is 0.753. The van der Waals surface area contributed by atoms with Gasteiger partial charge in [-0.25, -0.2) is 0 Å². The van der Waals surface area contributed by atoms with Crippen LogP contribution in [0.15, 0.2) is 12.3 Å². The summed E-state index contributed by atoms with van der Waals surface area (Å²) in [6.07, 6.45) is 3.24. The lowest BCUT2D eigenvalue weighted by molar-refractivity contribution is 0.605. The van der Waals surface area contributed by atoms with Gasteiger partial charge >= 0.3 is 0 Å². The monoisotopic (exact) mass is 179 g/mol. The van der Waals surface area contributed by atoms with Gasteiger partial charge in [-0.1, -0.05) is 0 Å². The van der Waals surface area contributed by atoms with Crippen LogP contribution in [0.25, 0.3) is 0 Å². The van der Waals surface area contributed by atoms with Gasteiger partial charge in [0, 0.05) is 24.4 Å². The number of hydrogen-bond donors (Lipinski definition) is 1. The van der Waals surface area contributed by atoms with Crippen molar-refractivity contribution in [2.75, 3.05) is 13.6 Å². The van der Waals surface area contributed by atoms with E-state index in [0.717, 1.165) is 24.9 Å². The van der Waals surface area contributed by atoms with E-state index in [1.54, 1.807) is 0 Å². The van der Waals surface area contributed by atoms with Gasteiger partial charge in [0.05, 0.1) is 0 Å². The Balaban J connectivity index is 2.02. The second-order valence-corrected chi connectivity index (χ2v) is 3.73. The van der Waals surface area contributed by atoms with E-state index in [9.17, 15) is 0 Å². The molecule has 1 fully saturated rings. The maximum Gasteiger partial charge on any atom is 0.0492 e. The van der Waals surface area contributed by atoms with E-state index in [4.69, 9.17) is 0 Å². The number of aryl methyl sites for hydroxylation is 1. The Morgan fingerprint density at radius 1 is 1.69 bits per heavy atom. The Morgan fingerprint density at radius 2 is 2.54 bits per heavy atom. The van der Waals surface area contributed by atoms with Crippen molar-refractivity contribution in [2.45, 2.75) is 25.8 Å². The predicted molar refractivity (Wildman–Crippen MR) is 52.7 cm³/mol. The molecule has 0 bridgehead atoms. The van der Waals surface area contributed by atoms with E-state index in [-0.39, 0.29) is 0 Å². The second kappa shape index (κ2) is 3.50. The molecule has 3 nitrogen and oxygen atoms in total. The Bertz CT molecular complexity index is 279. The van der Waals surface area contributed by atoms with E-state index in [1.165, 1.54) is 12.1 Å². The minimum Gasteiger partial charge on any atom is -0.319 e. The van der Waals surface area contributed by atoms with Crippen molar-refractivity contribution in [1.29, 1.82) is 0 Å². The summed E-state index contributed by atoms with van der Waals surface area (Å²) in [5.41, 5.74) is 1.42. The lowest BCUT2D eigenvalue weighted by Gasteiger charge is -2.03. The van der Waals surface area contributed by atoms with Crippen molar-refractivity contribution in [3.63, 3.8) is 0 Å². The molecule has 0 radical (unpaired) electrons. The van der Waals surface area contributed by atoms with Crippen molar-refractivity contribution in [3.05, 3.63) is 18.0 Å². The van der Waals surface area contributed by atoms with Crippen molar-refractivity contribution in [2.24, 2.45) is 5.92 Å². The van der Waals surface area contributed by atoms with Crippen molar-refractivity contribution in [3.8, 4) is 0 Å². The summed E-state index contributed by atoms with van der Waals surface area (Å²) in [5, 5.41) is 7.52. The summed E-state index contributed by atoms with van der Waals surface area (Å²) in [7, 11) is 2.02. The smallest absolute Gasteiger partial charge is 0.0492 e. The largest absolute Gasteiger partial charge is 0.319 e. The molecule has 0 amide bonds. The van der Waals surface area contributed by atoms with Crippen LogP contribution >= 0.6 is 0 Å². The van der Waals surface area contributed by atoms with Gasteiger partial charge in [-0.05, 0) is 38.9 Å². The highest BCUT2D eigenvalue weighted by Gasteiger charge is 2.39. The minimum absolute atomic E-state index is 0.759. The summed E-state index contributed by atoms with van der Waals surface area (Å²) in [6, 6.07) is 2.16. The second-order valence-electron chi connectivity index (χ2n) is 3.73. The molecule has 0 saturated heterocycles. The fraction of sp³-hybridized carbons (Fsp3) is 0.700. The van der Waals surface area contributed by atoms with Crippen LogP contribution in [0.3, 0.4) is 0 Å². The zero-order chi connectivity index (χ0) is 9.26. The summed E-state index contributed by atoms with van der Waals surface area (Å²) in [4.78, 5) is 0. The summed E-state index contributed by atoms with van der Waals surface area (Å²) in [6.45, 7) is 4.27. The van der Waals surface area contributed by atoms with Crippen LogP contribution in [-0.4, -0.2) is 23.4 Å². The maximum atomic E-state index is 4.29.